The van der Waals surface area contributed by atoms with Crippen LogP contribution < -0.4 is 11.1 Å². The first-order valence-corrected chi connectivity index (χ1v) is 7.21. The molecule has 3 nitrogen and oxygen atoms in total. The topological polar surface area (TPSA) is 55.1 Å². The number of hydrogen-bond acceptors (Lipinski definition) is 2. The molecule has 0 heterocycles. The van der Waals surface area contributed by atoms with E-state index in [0.29, 0.717) is 17.7 Å². The van der Waals surface area contributed by atoms with Crippen LogP contribution in [0.2, 0.25) is 0 Å². The summed E-state index contributed by atoms with van der Waals surface area (Å²) in [6.07, 6.45) is 7.41. The second kappa shape index (κ2) is 5.85. The number of rotatable bonds is 6. The van der Waals surface area contributed by atoms with Crippen LogP contribution in [0.3, 0.4) is 0 Å². The molecule has 3 heteroatoms. The lowest BCUT2D eigenvalue weighted by atomic mass is 10.0. The Balaban J connectivity index is 1.59. The molecule has 1 amide bonds. The van der Waals surface area contributed by atoms with E-state index in [9.17, 15) is 4.79 Å². The van der Waals surface area contributed by atoms with Crippen molar-refractivity contribution in [3.05, 3.63) is 0 Å². The van der Waals surface area contributed by atoms with Gasteiger partial charge in [0.05, 0.1) is 0 Å². The van der Waals surface area contributed by atoms with Crippen molar-refractivity contribution in [1.29, 1.82) is 0 Å². The smallest absolute Gasteiger partial charge is 0.223 e. The van der Waals surface area contributed by atoms with Gasteiger partial charge in [0.1, 0.15) is 0 Å². The Labute approximate surface area is 105 Å². The van der Waals surface area contributed by atoms with Gasteiger partial charge in [-0.3, -0.25) is 4.79 Å². The third-order valence-electron chi connectivity index (χ3n) is 4.53. The highest BCUT2D eigenvalue weighted by atomic mass is 16.2. The minimum Gasteiger partial charge on any atom is -0.356 e. The van der Waals surface area contributed by atoms with Crippen molar-refractivity contribution in [2.45, 2.75) is 45.4 Å². The van der Waals surface area contributed by atoms with Crippen molar-refractivity contribution >= 4 is 5.91 Å². The zero-order valence-electron chi connectivity index (χ0n) is 11.0. The van der Waals surface area contributed by atoms with E-state index in [-0.39, 0.29) is 0 Å². The second-order valence-corrected chi connectivity index (χ2v) is 5.91. The van der Waals surface area contributed by atoms with Gasteiger partial charge in [-0.2, -0.15) is 0 Å². The van der Waals surface area contributed by atoms with Crippen LogP contribution in [0, 0.1) is 23.7 Å². The van der Waals surface area contributed by atoms with Crippen LogP contribution in [0.1, 0.15) is 45.4 Å². The second-order valence-electron chi connectivity index (χ2n) is 5.91. The molecule has 2 aliphatic carbocycles. The maximum absolute atomic E-state index is 12.0. The van der Waals surface area contributed by atoms with Crippen molar-refractivity contribution in [3.8, 4) is 0 Å². The standard InChI is InChI=1S/C14H26N2O/c1-10(9-15)5-4-8-16-14(17)13-11-6-2-3-7-12(11)13/h10-13H,2-9,15H2,1H3,(H,16,17). The maximum atomic E-state index is 12.0. The molecule has 0 aliphatic heterocycles. The molecule has 0 aromatic rings. The molecule has 0 radical (unpaired) electrons. The van der Waals surface area contributed by atoms with Crippen molar-refractivity contribution in [1.82, 2.24) is 5.32 Å². The molecular formula is C14H26N2O. The van der Waals surface area contributed by atoms with Gasteiger partial charge in [-0.05, 0) is 50.0 Å². The summed E-state index contributed by atoms with van der Waals surface area (Å²) in [7, 11) is 0. The fraction of sp³-hybridized carbons (Fsp3) is 0.929. The summed E-state index contributed by atoms with van der Waals surface area (Å²) < 4.78 is 0. The van der Waals surface area contributed by atoms with E-state index < -0.39 is 0 Å². The monoisotopic (exact) mass is 238 g/mol. The Bertz CT molecular complexity index is 255. The number of carbonyl (C=O) groups is 1. The largest absolute Gasteiger partial charge is 0.356 e. The van der Waals surface area contributed by atoms with Crippen LogP contribution in [0.5, 0.6) is 0 Å². The van der Waals surface area contributed by atoms with Crippen LogP contribution in [0.25, 0.3) is 0 Å². The van der Waals surface area contributed by atoms with Crippen molar-refractivity contribution in [2.75, 3.05) is 13.1 Å². The fourth-order valence-electron chi connectivity index (χ4n) is 3.28. The number of fused-ring (bicyclic) bond motifs is 1. The first-order chi connectivity index (χ1) is 8.24. The third-order valence-corrected chi connectivity index (χ3v) is 4.53. The summed E-state index contributed by atoms with van der Waals surface area (Å²) in [6.45, 7) is 3.75. The lowest BCUT2D eigenvalue weighted by molar-refractivity contribution is -0.122. The molecule has 98 valence electrons. The van der Waals surface area contributed by atoms with E-state index in [1.807, 2.05) is 0 Å². The molecule has 17 heavy (non-hydrogen) atoms. The van der Waals surface area contributed by atoms with Gasteiger partial charge in [0.25, 0.3) is 0 Å². The van der Waals surface area contributed by atoms with E-state index in [1.54, 1.807) is 0 Å². The molecule has 2 fully saturated rings. The van der Waals surface area contributed by atoms with Crippen LogP contribution >= 0.6 is 0 Å². The van der Waals surface area contributed by atoms with Crippen molar-refractivity contribution in [3.63, 3.8) is 0 Å². The number of nitrogens with two attached hydrogens (primary N) is 1. The van der Waals surface area contributed by atoms with Crippen molar-refractivity contribution < 1.29 is 4.79 Å². The average molecular weight is 238 g/mol. The summed E-state index contributed by atoms with van der Waals surface area (Å²) in [4.78, 5) is 12.0. The molecule has 3 atom stereocenters. The van der Waals surface area contributed by atoms with E-state index in [0.717, 1.165) is 37.8 Å². The Morgan fingerprint density at radius 1 is 1.35 bits per heavy atom. The first kappa shape index (κ1) is 12.9. The fourth-order valence-corrected chi connectivity index (χ4v) is 3.28. The van der Waals surface area contributed by atoms with Gasteiger partial charge in [0.15, 0.2) is 0 Å². The summed E-state index contributed by atoms with van der Waals surface area (Å²) in [5.41, 5.74) is 5.56. The molecule has 3 unspecified atom stereocenters. The van der Waals surface area contributed by atoms with Gasteiger partial charge >= 0.3 is 0 Å². The van der Waals surface area contributed by atoms with Crippen molar-refractivity contribution in [2.24, 2.45) is 29.4 Å². The Morgan fingerprint density at radius 3 is 2.59 bits per heavy atom. The summed E-state index contributed by atoms with van der Waals surface area (Å²) >= 11 is 0. The zero-order valence-corrected chi connectivity index (χ0v) is 11.0. The molecule has 0 bridgehead atoms. The van der Waals surface area contributed by atoms with Gasteiger partial charge in [-0.25, -0.2) is 0 Å². The summed E-state index contributed by atoms with van der Waals surface area (Å²) in [6, 6.07) is 0. The quantitative estimate of drug-likeness (QED) is 0.695. The Kier molecular flexibility index (Phi) is 4.43. The SMILES string of the molecule is CC(CN)CCCNC(=O)C1C2CCCCC21. The first-order valence-electron chi connectivity index (χ1n) is 7.21. The molecule has 2 aliphatic rings. The predicted molar refractivity (Wildman–Crippen MR) is 69.4 cm³/mol. The number of amides is 1. The molecule has 0 spiro atoms. The molecule has 0 aromatic heterocycles. The molecule has 2 rings (SSSR count). The Morgan fingerprint density at radius 2 is 2.00 bits per heavy atom. The third kappa shape index (κ3) is 3.21. The van der Waals surface area contributed by atoms with E-state index >= 15 is 0 Å². The molecular weight excluding hydrogens is 212 g/mol. The van der Waals surface area contributed by atoms with Crippen LogP contribution in [0.4, 0.5) is 0 Å². The number of carbonyl (C=O) groups excluding carboxylic acids is 1. The molecule has 2 saturated carbocycles. The van der Waals surface area contributed by atoms with Crippen LogP contribution in [0.15, 0.2) is 0 Å². The molecule has 3 N–H and O–H groups in total. The minimum atomic E-state index is 0.322. The van der Waals surface area contributed by atoms with E-state index in [1.165, 1.54) is 25.7 Å². The predicted octanol–water partition coefficient (Wildman–Crippen LogP) is 1.91. The lowest BCUT2D eigenvalue weighted by Crippen LogP contribution is -2.27. The highest BCUT2D eigenvalue weighted by Crippen LogP contribution is 2.55. The lowest BCUT2D eigenvalue weighted by Gasteiger charge is -2.08. The van der Waals surface area contributed by atoms with E-state index in [2.05, 4.69) is 12.2 Å². The minimum absolute atomic E-state index is 0.322. The zero-order chi connectivity index (χ0) is 12.3. The Hall–Kier alpha value is -0.570. The maximum Gasteiger partial charge on any atom is 0.223 e. The van der Waals surface area contributed by atoms with Gasteiger partial charge in [0, 0.05) is 12.5 Å². The summed E-state index contributed by atoms with van der Waals surface area (Å²) in [5.74, 6) is 2.72. The van der Waals surface area contributed by atoms with Crippen LogP contribution in [-0.4, -0.2) is 19.0 Å². The van der Waals surface area contributed by atoms with Gasteiger partial charge in [-0.15, -0.1) is 0 Å². The van der Waals surface area contributed by atoms with E-state index in [4.69, 9.17) is 5.73 Å². The normalized spacial score (nSPS) is 32.7. The van der Waals surface area contributed by atoms with Gasteiger partial charge < -0.3 is 11.1 Å². The average Bonchev–Trinajstić information content (AvgIpc) is 3.08. The molecule has 0 saturated heterocycles. The number of hydrogen-bond donors (Lipinski definition) is 2. The highest BCUT2D eigenvalue weighted by Gasteiger charge is 2.54. The van der Waals surface area contributed by atoms with Gasteiger partial charge in [0.2, 0.25) is 5.91 Å². The van der Waals surface area contributed by atoms with Gasteiger partial charge in [-0.1, -0.05) is 19.8 Å². The highest BCUT2D eigenvalue weighted by molar-refractivity contribution is 5.82. The van der Waals surface area contributed by atoms with Crippen LogP contribution in [-0.2, 0) is 4.79 Å². The summed E-state index contributed by atoms with van der Waals surface area (Å²) in [5, 5.41) is 3.10. The molecule has 0 aromatic carbocycles. The number of nitrogens with one attached hydrogen (secondary N) is 1.